The number of anilines is 2. The van der Waals surface area contributed by atoms with Crippen molar-refractivity contribution in [3.05, 3.63) is 59.8 Å². The van der Waals surface area contributed by atoms with Crippen LogP contribution in [0.1, 0.15) is 42.7 Å². The number of nitrogens with zero attached hydrogens (tertiary/aromatic N) is 2. The summed E-state index contributed by atoms with van der Waals surface area (Å²) in [5, 5.41) is 4.00. The number of rotatable bonds is 4. The topological polar surface area (TPSA) is 71.5 Å². The van der Waals surface area contributed by atoms with E-state index in [1.165, 1.54) is 5.69 Å². The monoisotopic (exact) mass is 429 g/mol. The first-order valence-electron chi connectivity index (χ1n) is 11.3. The van der Waals surface area contributed by atoms with E-state index < -0.39 is 6.10 Å². The Labute approximate surface area is 187 Å². The maximum absolute atomic E-state index is 13.2. The third-order valence-corrected chi connectivity index (χ3v) is 6.51. The van der Waals surface area contributed by atoms with Crippen molar-refractivity contribution in [2.24, 2.45) is 5.92 Å². The number of para-hydroxylation sites is 1. The van der Waals surface area contributed by atoms with Crippen molar-refractivity contribution in [1.29, 1.82) is 0 Å². The number of amides is 1. The highest BCUT2D eigenvalue weighted by Gasteiger charge is 2.29. The fourth-order valence-corrected chi connectivity index (χ4v) is 4.63. The van der Waals surface area contributed by atoms with Gasteiger partial charge in [-0.3, -0.25) is 14.6 Å². The van der Waals surface area contributed by atoms with Crippen LogP contribution in [0.25, 0.3) is 10.9 Å². The molecule has 0 bridgehead atoms. The maximum Gasteiger partial charge on any atom is 0.265 e. The van der Waals surface area contributed by atoms with Gasteiger partial charge in [-0.1, -0.05) is 25.1 Å². The Bertz CT molecular complexity index is 1200. The van der Waals surface area contributed by atoms with Crippen molar-refractivity contribution in [3.8, 4) is 5.75 Å². The van der Waals surface area contributed by atoms with Gasteiger partial charge >= 0.3 is 0 Å². The SMILES string of the molecule is CCc1cc(N2CCC(C(=O)c3ccc4c(c3)NC(=O)C(C)O4)CC2)c2ccccc2n1. The smallest absolute Gasteiger partial charge is 0.265 e. The molecule has 1 fully saturated rings. The van der Waals surface area contributed by atoms with Gasteiger partial charge in [-0.15, -0.1) is 0 Å². The minimum absolute atomic E-state index is 0.0258. The van der Waals surface area contributed by atoms with Crippen LogP contribution in [0.3, 0.4) is 0 Å². The van der Waals surface area contributed by atoms with Gasteiger partial charge in [-0.2, -0.15) is 0 Å². The number of hydrogen-bond donors (Lipinski definition) is 1. The lowest BCUT2D eigenvalue weighted by molar-refractivity contribution is -0.122. The summed E-state index contributed by atoms with van der Waals surface area (Å²) >= 11 is 0. The average molecular weight is 430 g/mol. The number of ether oxygens (including phenoxy) is 1. The van der Waals surface area contributed by atoms with E-state index in [9.17, 15) is 9.59 Å². The highest BCUT2D eigenvalue weighted by molar-refractivity contribution is 6.02. The molecule has 3 aromatic rings. The van der Waals surface area contributed by atoms with Gasteiger partial charge in [-0.05, 0) is 56.5 Å². The molecule has 1 atom stereocenters. The van der Waals surface area contributed by atoms with Gasteiger partial charge in [0.05, 0.1) is 11.2 Å². The number of carbonyl (C=O) groups is 2. The second-order valence-corrected chi connectivity index (χ2v) is 8.59. The first-order chi connectivity index (χ1) is 15.5. The molecule has 1 unspecified atom stereocenters. The molecule has 0 aliphatic carbocycles. The van der Waals surface area contributed by atoms with Gasteiger partial charge < -0.3 is 15.0 Å². The van der Waals surface area contributed by atoms with Crippen molar-refractivity contribution in [1.82, 2.24) is 4.98 Å². The number of hydrogen-bond acceptors (Lipinski definition) is 5. The van der Waals surface area contributed by atoms with Crippen LogP contribution in [-0.4, -0.2) is 35.9 Å². The highest BCUT2D eigenvalue weighted by Crippen LogP contribution is 2.34. The minimum Gasteiger partial charge on any atom is -0.479 e. The molecular weight excluding hydrogens is 402 g/mol. The summed E-state index contributed by atoms with van der Waals surface area (Å²) in [6.07, 6.45) is 1.97. The highest BCUT2D eigenvalue weighted by atomic mass is 16.5. The van der Waals surface area contributed by atoms with Crippen molar-refractivity contribution >= 4 is 34.0 Å². The molecule has 1 N–H and O–H groups in total. The molecule has 2 aromatic carbocycles. The number of Topliss-reactive ketones (excluding diaryl/α,β-unsaturated/α-hetero) is 1. The second-order valence-electron chi connectivity index (χ2n) is 8.59. The van der Waals surface area contributed by atoms with Gasteiger partial charge in [-0.25, -0.2) is 0 Å². The summed E-state index contributed by atoms with van der Waals surface area (Å²) in [4.78, 5) is 32.3. The lowest BCUT2D eigenvalue weighted by Crippen LogP contribution is -2.37. The zero-order valence-electron chi connectivity index (χ0n) is 18.4. The number of aryl methyl sites for hydroxylation is 1. The van der Waals surface area contributed by atoms with Crippen LogP contribution in [-0.2, 0) is 11.2 Å². The zero-order valence-corrected chi connectivity index (χ0v) is 18.4. The van der Waals surface area contributed by atoms with Crippen LogP contribution in [0.15, 0.2) is 48.5 Å². The molecule has 0 saturated carbocycles. The predicted octanol–water partition coefficient (Wildman–Crippen LogP) is 4.62. The third kappa shape index (κ3) is 3.70. The normalized spacial score (nSPS) is 18.8. The maximum atomic E-state index is 13.2. The summed E-state index contributed by atoms with van der Waals surface area (Å²) in [7, 11) is 0. The van der Waals surface area contributed by atoms with Crippen molar-refractivity contribution in [3.63, 3.8) is 0 Å². The summed E-state index contributed by atoms with van der Waals surface area (Å²) in [5.41, 5.74) is 4.52. The largest absolute Gasteiger partial charge is 0.479 e. The number of aromatic nitrogens is 1. The fourth-order valence-electron chi connectivity index (χ4n) is 4.63. The predicted molar refractivity (Wildman–Crippen MR) is 126 cm³/mol. The molecule has 6 nitrogen and oxygen atoms in total. The molecule has 5 rings (SSSR count). The summed E-state index contributed by atoms with van der Waals surface area (Å²) < 4.78 is 5.61. The Hall–Kier alpha value is -3.41. The second kappa shape index (κ2) is 8.26. The lowest BCUT2D eigenvalue weighted by Gasteiger charge is -2.34. The van der Waals surface area contributed by atoms with Crippen LogP contribution in [0.4, 0.5) is 11.4 Å². The molecule has 3 heterocycles. The van der Waals surface area contributed by atoms with E-state index in [-0.39, 0.29) is 17.6 Å². The molecule has 32 heavy (non-hydrogen) atoms. The van der Waals surface area contributed by atoms with Crippen LogP contribution >= 0.6 is 0 Å². The van der Waals surface area contributed by atoms with E-state index in [2.05, 4.69) is 41.4 Å². The Kier molecular flexibility index (Phi) is 5.29. The average Bonchev–Trinajstić information content (AvgIpc) is 2.83. The molecule has 1 aromatic heterocycles. The molecule has 1 amide bonds. The van der Waals surface area contributed by atoms with E-state index >= 15 is 0 Å². The van der Waals surface area contributed by atoms with E-state index in [1.807, 2.05) is 12.1 Å². The number of carbonyl (C=O) groups excluding carboxylic acids is 2. The molecule has 0 spiro atoms. The number of benzene rings is 2. The molecule has 164 valence electrons. The van der Waals surface area contributed by atoms with E-state index in [0.717, 1.165) is 48.9 Å². The summed E-state index contributed by atoms with van der Waals surface area (Å²) in [5.74, 6) is 0.530. The van der Waals surface area contributed by atoms with Gasteiger partial charge in [0.25, 0.3) is 5.91 Å². The number of nitrogens with one attached hydrogen (secondary N) is 1. The Morgan fingerprint density at radius 2 is 1.94 bits per heavy atom. The number of fused-ring (bicyclic) bond motifs is 2. The Morgan fingerprint density at radius 1 is 1.16 bits per heavy atom. The standard InChI is InChI=1S/C26H27N3O3/c1-3-19-15-23(20-6-4-5-7-21(20)27-19)29-12-10-17(11-13-29)25(30)18-8-9-24-22(14-18)28-26(31)16(2)32-24/h4-9,14-17H,3,10-13H2,1-2H3,(H,28,31). The van der Waals surface area contributed by atoms with Gasteiger partial charge in [0.15, 0.2) is 11.9 Å². The van der Waals surface area contributed by atoms with Crippen molar-refractivity contribution in [2.45, 2.75) is 39.2 Å². The number of pyridine rings is 1. The van der Waals surface area contributed by atoms with Crippen LogP contribution in [0, 0.1) is 5.92 Å². The number of piperidine rings is 1. The van der Waals surface area contributed by atoms with E-state index in [1.54, 1.807) is 19.1 Å². The minimum atomic E-state index is -0.522. The van der Waals surface area contributed by atoms with Gasteiger partial charge in [0.2, 0.25) is 0 Å². The molecule has 2 aliphatic rings. The number of ketones is 1. The first kappa shape index (κ1) is 20.5. The Morgan fingerprint density at radius 3 is 2.72 bits per heavy atom. The Balaban J connectivity index is 1.32. The molecule has 2 aliphatic heterocycles. The van der Waals surface area contributed by atoms with Crippen LogP contribution in [0.5, 0.6) is 5.75 Å². The van der Waals surface area contributed by atoms with Gasteiger partial charge in [0, 0.05) is 41.3 Å². The van der Waals surface area contributed by atoms with Crippen LogP contribution in [0.2, 0.25) is 0 Å². The molecule has 0 radical (unpaired) electrons. The van der Waals surface area contributed by atoms with Crippen molar-refractivity contribution < 1.29 is 14.3 Å². The van der Waals surface area contributed by atoms with E-state index in [4.69, 9.17) is 9.72 Å². The first-order valence-corrected chi connectivity index (χ1v) is 11.3. The molecular formula is C26H27N3O3. The van der Waals surface area contributed by atoms with Crippen LogP contribution < -0.4 is 15.0 Å². The zero-order chi connectivity index (χ0) is 22.2. The quantitative estimate of drug-likeness (QED) is 0.613. The lowest BCUT2D eigenvalue weighted by atomic mass is 9.88. The van der Waals surface area contributed by atoms with E-state index in [0.29, 0.717) is 17.0 Å². The third-order valence-electron chi connectivity index (χ3n) is 6.51. The van der Waals surface area contributed by atoms with Gasteiger partial charge in [0.1, 0.15) is 5.75 Å². The molecule has 6 heteroatoms. The molecule has 1 saturated heterocycles. The fraction of sp³-hybridized carbons (Fsp3) is 0.346. The summed E-state index contributed by atoms with van der Waals surface area (Å²) in [6.45, 7) is 5.49. The van der Waals surface area contributed by atoms with Crippen molar-refractivity contribution in [2.75, 3.05) is 23.3 Å². The summed E-state index contributed by atoms with van der Waals surface area (Å²) in [6, 6.07) is 15.8.